The maximum Gasteiger partial charge on any atom is 0.191 e. The molecule has 0 unspecified atom stereocenters. The normalized spacial score (nSPS) is 12.8. The minimum atomic E-state index is 0. The van der Waals surface area contributed by atoms with Crippen LogP contribution in [0.15, 0.2) is 59.6 Å². The second-order valence-electron chi connectivity index (χ2n) is 5.26. The Bertz CT molecular complexity index is 631. The van der Waals surface area contributed by atoms with Crippen LogP contribution in [0.2, 0.25) is 0 Å². The van der Waals surface area contributed by atoms with Crippen LogP contribution in [-0.2, 0) is 13.0 Å². The summed E-state index contributed by atoms with van der Waals surface area (Å²) in [6, 6.07) is 18.5. The molecule has 23 heavy (non-hydrogen) atoms. The van der Waals surface area contributed by atoms with E-state index >= 15 is 0 Å². The zero-order valence-electron chi connectivity index (χ0n) is 13.0. The number of aliphatic imine (C=N–C) groups is 1. The first-order valence-electron chi connectivity index (χ1n) is 7.68. The summed E-state index contributed by atoms with van der Waals surface area (Å²) in [6.45, 7) is 3.27. The minimum Gasteiger partial charge on any atom is -0.489 e. The fraction of sp³-hybridized carbons (Fsp3) is 0.278. The number of nitrogens with zero attached hydrogens (tertiary/aromatic N) is 1. The van der Waals surface area contributed by atoms with Gasteiger partial charge >= 0.3 is 0 Å². The van der Waals surface area contributed by atoms with Gasteiger partial charge in [-0.25, -0.2) is 0 Å². The van der Waals surface area contributed by atoms with Crippen molar-refractivity contribution in [2.75, 3.05) is 19.6 Å². The summed E-state index contributed by atoms with van der Waals surface area (Å²) in [6.07, 6.45) is 0.948. The maximum absolute atomic E-state index is 5.86. The molecule has 0 aliphatic carbocycles. The van der Waals surface area contributed by atoms with Crippen LogP contribution < -0.4 is 15.4 Å². The Morgan fingerprint density at radius 2 is 1.87 bits per heavy atom. The van der Waals surface area contributed by atoms with Crippen LogP contribution in [0.1, 0.15) is 11.1 Å². The Kier molecular flexibility index (Phi) is 7.19. The van der Waals surface area contributed by atoms with Gasteiger partial charge in [-0.3, -0.25) is 4.99 Å². The highest BCUT2D eigenvalue weighted by Gasteiger charge is 2.03. The molecule has 0 bridgehead atoms. The molecule has 0 amide bonds. The molecule has 5 heteroatoms. The quantitative estimate of drug-likeness (QED) is 0.703. The third kappa shape index (κ3) is 5.74. The topological polar surface area (TPSA) is 45.6 Å². The molecular weight excluding hydrogens is 401 g/mol. The molecule has 122 valence electrons. The van der Waals surface area contributed by atoms with Gasteiger partial charge in [0.25, 0.3) is 0 Å². The Hall–Kier alpha value is -1.76. The SMILES string of the molecule is I.c1ccc(COc2cccc(CCNC3=NCCN3)c2)cc1. The van der Waals surface area contributed by atoms with E-state index in [4.69, 9.17) is 4.74 Å². The molecule has 1 aliphatic heterocycles. The zero-order chi connectivity index (χ0) is 15.0. The van der Waals surface area contributed by atoms with Crippen molar-refractivity contribution in [3.05, 3.63) is 65.7 Å². The number of rotatable bonds is 6. The summed E-state index contributed by atoms with van der Waals surface area (Å²) >= 11 is 0. The molecule has 0 radical (unpaired) electrons. The van der Waals surface area contributed by atoms with Gasteiger partial charge in [0.05, 0.1) is 6.54 Å². The zero-order valence-corrected chi connectivity index (χ0v) is 15.3. The minimum absolute atomic E-state index is 0. The van der Waals surface area contributed by atoms with E-state index in [-0.39, 0.29) is 24.0 Å². The lowest BCUT2D eigenvalue weighted by atomic mass is 10.1. The van der Waals surface area contributed by atoms with Gasteiger partial charge in [0.2, 0.25) is 0 Å². The standard InChI is InChI=1S/C18H21N3O.HI/c1-2-5-16(6-3-1)14-22-17-8-4-7-15(13-17)9-10-19-18-20-11-12-21-18;/h1-8,13H,9-12,14H2,(H2,19,20,21);1H. The molecule has 3 rings (SSSR count). The van der Waals surface area contributed by atoms with E-state index < -0.39 is 0 Å². The van der Waals surface area contributed by atoms with Crippen LogP contribution >= 0.6 is 24.0 Å². The first-order valence-corrected chi connectivity index (χ1v) is 7.68. The molecule has 1 heterocycles. The summed E-state index contributed by atoms with van der Waals surface area (Å²) in [4.78, 5) is 4.32. The van der Waals surface area contributed by atoms with Crippen LogP contribution in [0.3, 0.4) is 0 Å². The van der Waals surface area contributed by atoms with E-state index in [1.54, 1.807) is 0 Å². The highest BCUT2D eigenvalue weighted by Crippen LogP contribution is 2.15. The predicted molar refractivity (Wildman–Crippen MR) is 105 cm³/mol. The molecule has 2 aromatic rings. The number of hydrogen-bond donors (Lipinski definition) is 2. The second kappa shape index (κ2) is 9.39. The van der Waals surface area contributed by atoms with Gasteiger partial charge in [0, 0.05) is 13.1 Å². The van der Waals surface area contributed by atoms with Gasteiger partial charge in [-0.2, -0.15) is 0 Å². The van der Waals surface area contributed by atoms with E-state index in [0.29, 0.717) is 6.61 Å². The third-order valence-electron chi connectivity index (χ3n) is 3.53. The fourth-order valence-corrected chi connectivity index (χ4v) is 2.37. The highest BCUT2D eigenvalue weighted by atomic mass is 127. The summed E-state index contributed by atoms with van der Waals surface area (Å²) in [5.74, 6) is 1.83. The molecule has 0 spiro atoms. The number of nitrogens with one attached hydrogen (secondary N) is 2. The molecule has 0 atom stereocenters. The summed E-state index contributed by atoms with van der Waals surface area (Å²) in [5.41, 5.74) is 2.44. The molecule has 2 N–H and O–H groups in total. The van der Waals surface area contributed by atoms with E-state index in [0.717, 1.165) is 37.8 Å². The molecule has 2 aromatic carbocycles. The molecule has 0 saturated heterocycles. The average Bonchev–Trinajstić information content (AvgIpc) is 3.08. The van der Waals surface area contributed by atoms with Gasteiger partial charge in [-0.15, -0.1) is 24.0 Å². The third-order valence-corrected chi connectivity index (χ3v) is 3.53. The number of hydrogen-bond acceptors (Lipinski definition) is 4. The van der Waals surface area contributed by atoms with Crippen molar-refractivity contribution in [2.45, 2.75) is 13.0 Å². The van der Waals surface area contributed by atoms with Crippen LogP contribution in [0.4, 0.5) is 0 Å². The van der Waals surface area contributed by atoms with Crippen molar-refractivity contribution in [2.24, 2.45) is 4.99 Å². The van der Waals surface area contributed by atoms with Crippen molar-refractivity contribution in [1.82, 2.24) is 10.6 Å². The molecular formula is C18H22IN3O. The number of ether oxygens (including phenoxy) is 1. The average molecular weight is 423 g/mol. The summed E-state index contributed by atoms with van der Waals surface area (Å²) in [7, 11) is 0. The molecule has 1 aliphatic rings. The summed E-state index contributed by atoms with van der Waals surface area (Å²) in [5, 5.41) is 6.51. The lowest BCUT2D eigenvalue weighted by molar-refractivity contribution is 0.306. The van der Waals surface area contributed by atoms with E-state index in [9.17, 15) is 0 Å². The van der Waals surface area contributed by atoms with Crippen molar-refractivity contribution in [3.8, 4) is 5.75 Å². The van der Waals surface area contributed by atoms with Gasteiger partial charge in [0.15, 0.2) is 5.96 Å². The monoisotopic (exact) mass is 423 g/mol. The van der Waals surface area contributed by atoms with Gasteiger partial charge < -0.3 is 15.4 Å². The predicted octanol–water partition coefficient (Wildman–Crippen LogP) is 2.97. The maximum atomic E-state index is 5.86. The Morgan fingerprint density at radius 1 is 1.04 bits per heavy atom. The van der Waals surface area contributed by atoms with Crippen molar-refractivity contribution in [3.63, 3.8) is 0 Å². The Labute approximate surface area is 154 Å². The lowest BCUT2D eigenvalue weighted by Crippen LogP contribution is -2.34. The van der Waals surface area contributed by atoms with Gasteiger partial charge in [0.1, 0.15) is 12.4 Å². The van der Waals surface area contributed by atoms with Crippen molar-refractivity contribution in [1.29, 1.82) is 0 Å². The lowest BCUT2D eigenvalue weighted by Gasteiger charge is -2.09. The summed E-state index contributed by atoms with van der Waals surface area (Å²) < 4.78 is 5.86. The fourth-order valence-electron chi connectivity index (χ4n) is 2.37. The van der Waals surface area contributed by atoms with E-state index in [1.807, 2.05) is 30.3 Å². The van der Waals surface area contributed by atoms with Crippen LogP contribution in [0, 0.1) is 0 Å². The number of halogens is 1. The molecule has 0 aromatic heterocycles. The van der Waals surface area contributed by atoms with Crippen LogP contribution in [0.5, 0.6) is 5.75 Å². The van der Waals surface area contributed by atoms with E-state index in [2.05, 4.69) is 39.9 Å². The van der Waals surface area contributed by atoms with Gasteiger partial charge in [-0.1, -0.05) is 42.5 Å². The number of guanidine groups is 1. The molecule has 4 nitrogen and oxygen atoms in total. The smallest absolute Gasteiger partial charge is 0.191 e. The first kappa shape index (κ1) is 17.6. The largest absolute Gasteiger partial charge is 0.489 e. The second-order valence-corrected chi connectivity index (χ2v) is 5.26. The molecule has 0 fully saturated rings. The molecule has 0 saturated carbocycles. The van der Waals surface area contributed by atoms with Crippen LogP contribution in [-0.4, -0.2) is 25.6 Å². The van der Waals surface area contributed by atoms with E-state index in [1.165, 1.54) is 11.1 Å². The Morgan fingerprint density at radius 3 is 2.65 bits per heavy atom. The van der Waals surface area contributed by atoms with Crippen LogP contribution in [0.25, 0.3) is 0 Å². The highest BCUT2D eigenvalue weighted by molar-refractivity contribution is 14.0. The van der Waals surface area contributed by atoms with Gasteiger partial charge in [-0.05, 0) is 29.7 Å². The first-order chi connectivity index (χ1) is 10.9. The van der Waals surface area contributed by atoms with Crippen molar-refractivity contribution < 1.29 is 4.74 Å². The number of benzene rings is 2. The van der Waals surface area contributed by atoms with Crippen molar-refractivity contribution >= 4 is 29.9 Å². The Balaban J connectivity index is 0.00000192.